The van der Waals surface area contributed by atoms with Gasteiger partial charge in [0.05, 0.1) is 4.90 Å². The fourth-order valence-corrected chi connectivity index (χ4v) is 5.37. The molecule has 0 aliphatic heterocycles. The summed E-state index contributed by atoms with van der Waals surface area (Å²) in [5.74, 6) is 0. The fourth-order valence-electron chi connectivity index (χ4n) is 2.57. The normalized spacial score (nSPS) is 17.7. The average molecular weight is 331 g/mol. The van der Waals surface area contributed by atoms with E-state index in [4.69, 9.17) is 0 Å². The molecular formula is C15H26N2O2S2. The number of sulfonamides is 1. The minimum atomic E-state index is -3.38. The number of aryl methyl sites for hydroxylation is 1. The maximum atomic E-state index is 12.5. The summed E-state index contributed by atoms with van der Waals surface area (Å²) >= 11 is 1.56. The van der Waals surface area contributed by atoms with Crippen LogP contribution in [0, 0.1) is 12.3 Å². The molecule has 6 heteroatoms. The van der Waals surface area contributed by atoms with Crippen molar-refractivity contribution in [3.63, 3.8) is 0 Å². The molecule has 1 fully saturated rings. The number of hydrogen-bond donors (Lipinski definition) is 2. The minimum absolute atomic E-state index is 0.155. The Labute approximate surface area is 132 Å². The molecule has 120 valence electrons. The molecule has 0 bridgehead atoms. The molecule has 1 saturated carbocycles. The second-order valence-electron chi connectivity index (χ2n) is 6.30. The average Bonchev–Trinajstić information content (AvgIpc) is 2.77. The molecule has 2 N–H and O–H groups in total. The maximum absolute atomic E-state index is 12.5. The van der Waals surface area contributed by atoms with Gasteiger partial charge in [-0.25, -0.2) is 13.1 Å². The topological polar surface area (TPSA) is 58.2 Å². The molecule has 1 aliphatic carbocycles. The molecule has 0 amide bonds. The van der Waals surface area contributed by atoms with Crippen LogP contribution >= 0.6 is 11.3 Å². The van der Waals surface area contributed by atoms with Crippen molar-refractivity contribution in [1.82, 2.24) is 10.0 Å². The van der Waals surface area contributed by atoms with E-state index in [0.29, 0.717) is 11.4 Å². The first kappa shape index (κ1) is 16.9. The zero-order chi connectivity index (χ0) is 15.5. The van der Waals surface area contributed by atoms with Crippen LogP contribution in [0.4, 0.5) is 0 Å². The van der Waals surface area contributed by atoms with Crippen molar-refractivity contribution in [3.05, 3.63) is 15.8 Å². The van der Waals surface area contributed by atoms with Gasteiger partial charge < -0.3 is 5.32 Å². The summed E-state index contributed by atoms with van der Waals surface area (Å²) in [6.45, 7) is 8.40. The maximum Gasteiger partial charge on any atom is 0.241 e. The zero-order valence-electron chi connectivity index (χ0n) is 13.2. The van der Waals surface area contributed by atoms with E-state index in [0.717, 1.165) is 42.1 Å². The Morgan fingerprint density at radius 3 is 2.67 bits per heavy atom. The van der Waals surface area contributed by atoms with E-state index in [1.54, 1.807) is 11.3 Å². The van der Waals surface area contributed by atoms with Crippen LogP contribution in [-0.2, 0) is 16.6 Å². The highest BCUT2D eigenvalue weighted by Crippen LogP contribution is 2.39. The lowest BCUT2D eigenvalue weighted by Crippen LogP contribution is -2.39. The molecule has 1 aromatic rings. The Morgan fingerprint density at radius 1 is 1.38 bits per heavy atom. The molecule has 4 nitrogen and oxygen atoms in total. The van der Waals surface area contributed by atoms with Gasteiger partial charge in [0.15, 0.2) is 0 Å². The summed E-state index contributed by atoms with van der Waals surface area (Å²) in [6, 6.07) is 1.81. The molecule has 1 aliphatic rings. The molecule has 0 spiro atoms. The van der Waals surface area contributed by atoms with Crippen molar-refractivity contribution in [2.45, 2.75) is 57.9 Å². The van der Waals surface area contributed by atoms with Crippen molar-refractivity contribution < 1.29 is 8.42 Å². The Balaban J connectivity index is 2.01. The van der Waals surface area contributed by atoms with Crippen LogP contribution in [0.15, 0.2) is 11.0 Å². The molecule has 21 heavy (non-hydrogen) atoms. The summed E-state index contributed by atoms with van der Waals surface area (Å²) in [6.07, 6.45) is 4.52. The third kappa shape index (κ3) is 4.28. The van der Waals surface area contributed by atoms with Crippen molar-refractivity contribution in [2.75, 3.05) is 13.1 Å². The summed E-state index contributed by atoms with van der Waals surface area (Å²) in [4.78, 5) is 2.40. The van der Waals surface area contributed by atoms with Crippen LogP contribution < -0.4 is 10.0 Å². The lowest BCUT2D eigenvalue weighted by atomic mass is 9.71. The predicted octanol–water partition coefficient (Wildman–Crippen LogP) is 3.02. The van der Waals surface area contributed by atoms with Gasteiger partial charge in [-0.2, -0.15) is 0 Å². The largest absolute Gasteiger partial charge is 0.312 e. The van der Waals surface area contributed by atoms with Crippen LogP contribution in [-0.4, -0.2) is 21.5 Å². The van der Waals surface area contributed by atoms with Crippen LogP contribution in [0.2, 0.25) is 0 Å². The molecular weight excluding hydrogens is 304 g/mol. The second kappa shape index (κ2) is 6.77. The molecule has 0 saturated heterocycles. The summed E-state index contributed by atoms with van der Waals surface area (Å²) in [5.41, 5.74) is 0.155. The highest BCUT2D eigenvalue weighted by Gasteiger charge is 2.33. The van der Waals surface area contributed by atoms with E-state index in [2.05, 4.69) is 23.9 Å². The van der Waals surface area contributed by atoms with Gasteiger partial charge in [-0.15, -0.1) is 11.3 Å². The lowest BCUT2D eigenvalue weighted by molar-refractivity contribution is 0.166. The lowest BCUT2D eigenvalue weighted by Gasteiger charge is -2.38. The van der Waals surface area contributed by atoms with Gasteiger partial charge in [-0.3, -0.25) is 0 Å². The Kier molecular flexibility index (Phi) is 5.46. The minimum Gasteiger partial charge on any atom is -0.312 e. The second-order valence-corrected chi connectivity index (χ2v) is 9.37. The van der Waals surface area contributed by atoms with Crippen LogP contribution in [0.25, 0.3) is 0 Å². The van der Waals surface area contributed by atoms with E-state index in [1.807, 2.05) is 13.0 Å². The van der Waals surface area contributed by atoms with E-state index < -0.39 is 10.0 Å². The van der Waals surface area contributed by atoms with Crippen LogP contribution in [0.3, 0.4) is 0 Å². The Bertz CT molecular complexity index is 574. The van der Waals surface area contributed by atoms with E-state index in [9.17, 15) is 8.42 Å². The van der Waals surface area contributed by atoms with Gasteiger partial charge in [0.25, 0.3) is 0 Å². The number of rotatable bonds is 8. The van der Waals surface area contributed by atoms with Gasteiger partial charge in [-0.05, 0) is 44.2 Å². The van der Waals surface area contributed by atoms with Crippen LogP contribution in [0.5, 0.6) is 0 Å². The predicted molar refractivity (Wildman–Crippen MR) is 88.2 cm³/mol. The van der Waals surface area contributed by atoms with Gasteiger partial charge in [-0.1, -0.05) is 20.3 Å². The molecule has 1 heterocycles. The monoisotopic (exact) mass is 330 g/mol. The number of hydrogen-bond acceptors (Lipinski definition) is 4. The summed E-state index contributed by atoms with van der Waals surface area (Å²) < 4.78 is 27.7. The fraction of sp³-hybridized carbons (Fsp3) is 0.733. The van der Waals surface area contributed by atoms with Gasteiger partial charge in [0.1, 0.15) is 0 Å². The van der Waals surface area contributed by atoms with Crippen molar-refractivity contribution in [2.24, 2.45) is 5.41 Å². The number of nitrogens with one attached hydrogen (secondary N) is 2. The first-order valence-electron chi connectivity index (χ1n) is 7.66. The molecule has 0 unspecified atom stereocenters. The standard InChI is InChI=1S/C15H26N2O2S2/c1-4-8-16-10-13-9-14(12(2)20-13)21(18,19)17-11-15(3)6-5-7-15/h9,16-17H,4-8,10-11H2,1-3H3. The zero-order valence-corrected chi connectivity index (χ0v) is 14.8. The van der Waals surface area contributed by atoms with Gasteiger partial charge in [0.2, 0.25) is 10.0 Å². The molecule has 1 aromatic heterocycles. The molecule has 0 radical (unpaired) electrons. The van der Waals surface area contributed by atoms with Crippen molar-refractivity contribution >= 4 is 21.4 Å². The SMILES string of the molecule is CCCNCc1cc(S(=O)(=O)NCC2(C)CCC2)c(C)s1. The van der Waals surface area contributed by atoms with Gasteiger partial charge >= 0.3 is 0 Å². The smallest absolute Gasteiger partial charge is 0.241 e. The number of thiophene rings is 1. The van der Waals surface area contributed by atoms with Crippen molar-refractivity contribution in [1.29, 1.82) is 0 Å². The Morgan fingerprint density at radius 2 is 2.10 bits per heavy atom. The Hall–Kier alpha value is -0.430. The third-order valence-electron chi connectivity index (χ3n) is 4.19. The summed E-state index contributed by atoms with van der Waals surface area (Å²) in [5, 5.41) is 3.31. The third-order valence-corrected chi connectivity index (χ3v) is 6.90. The first-order valence-corrected chi connectivity index (χ1v) is 9.96. The molecule has 2 rings (SSSR count). The van der Waals surface area contributed by atoms with E-state index in [1.165, 1.54) is 6.42 Å². The van der Waals surface area contributed by atoms with E-state index in [-0.39, 0.29) is 5.41 Å². The van der Waals surface area contributed by atoms with Crippen LogP contribution in [0.1, 0.15) is 49.3 Å². The van der Waals surface area contributed by atoms with Gasteiger partial charge in [0, 0.05) is 22.8 Å². The highest BCUT2D eigenvalue weighted by atomic mass is 32.2. The quantitative estimate of drug-likeness (QED) is 0.720. The molecule has 0 atom stereocenters. The first-order chi connectivity index (χ1) is 9.86. The van der Waals surface area contributed by atoms with E-state index >= 15 is 0 Å². The molecule has 0 aromatic carbocycles. The van der Waals surface area contributed by atoms with Crippen molar-refractivity contribution in [3.8, 4) is 0 Å². The summed E-state index contributed by atoms with van der Waals surface area (Å²) in [7, 11) is -3.38. The highest BCUT2D eigenvalue weighted by molar-refractivity contribution is 7.89.